The number of hydrogen-bond acceptors (Lipinski definition) is 7. The van der Waals surface area contributed by atoms with Crippen LogP contribution in [0.15, 0.2) is 23.8 Å². The van der Waals surface area contributed by atoms with Crippen LogP contribution in [0.3, 0.4) is 0 Å². The Kier molecular flexibility index (Phi) is 5.96. The van der Waals surface area contributed by atoms with Crippen molar-refractivity contribution in [3.63, 3.8) is 0 Å². The van der Waals surface area contributed by atoms with Crippen molar-refractivity contribution in [1.82, 2.24) is 20.3 Å². The number of nitrogens with one attached hydrogen (secondary N) is 1. The average Bonchev–Trinajstić information content (AvgIpc) is 3.02. The molecule has 0 bridgehead atoms. The van der Waals surface area contributed by atoms with Crippen LogP contribution in [0.5, 0.6) is 0 Å². The van der Waals surface area contributed by atoms with Gasteiger partial charge in [-0.05, 0) is 19.4 Å². The lowest BCUT2D eigenvalue weighted by molar-refractivity contribution is -0.143. The fraction of sp³-hybridized carbons (Fsp3) is 0.357. The maximum atomic E-state index is 11.9. The van der Waals surface area contributed by atoms with E-state index in [0.29, 0.717) is 36.1 Å². The van der Waals surface area contributed by atoms with Crippen LogP contribution in [0, 0.1) is 0 Å². The highest BCUT2D eigenvalue weighted by molar-refractivity contribution is 7.13. The molecule has 2 aromatic rings. The highest BCUT2D eigenvalue weighted by atomic mass is 32.1. The molecule has 0 radical (unpaired) electrons. The second-order valence-corrected chi connectivity index (χ2v) is 5.13. The summed E-state index contributed by atoms with van der Waals surface area (Å²) in [7, 11) is 0. The molecule has 2 heterocycles. The molecule has 0 aromatic carbocycles. The fourth-order valence-electron chi connectivity index (χ4n) is 1.65. The number of carbonyl (C=O) groups is 2. The van der Waals surface area contributed by atoms with Gasteiger partial charge >= 0.3 is 5.97 Å². The minimum absolute atomic E-state index is 0.256. The van der Waals surface area contributed by atoms with Gasteiger partial charge in [-0.3, -0.25) is 9.59 Å². The molecule has 116 valence electrons. The summed E-state index contributed by atoms with van der Waals surface area (Å²) < 4.78 is 4.81. The molecule has 0 aliphatic carbocycles. The third-order valence-electron chi connectivity index (χ3n) is 2.64. The standard InChI is InChI=1S/C14H16N4O3S/c1-2-21-11(19)5-3-6-17-13(20)10-9-22-14(18-10)12-15-7-4-8-16-12/h4,7-9H,2-3,5-6H2,1H3,(H,17,20). The zero-order chi connectivity index (χ0) is 15.8. The molecule has 7 nitrogen and oxygen atoms in total. The Labute approximate surface area is 131 Å². The Hall–Kier alpha value is -2.35. The Morgan fingerprint density at radius 1 is 1.32 bits per heavy atom. The van der Waals surface area contributed by atoms with Crippen molar-refractivity contribution >= 4 is 23.2 Å². The molecule has 0 atom stereocenters. The number of ether oxygens (including phenoxy) is 1. The highest BCUT2D eigenvalue weighted by Gasteiger charge is 2.12. The van der Waals surface area contributed by atoms with Gasteiger partial charge < -0.3 is 10.1 Å². The van der Waals surface area contributed by atoms with Crippen LogP contribution >= 0.6 is 11.3 Å². The van der Waals surface area contributed by atoms with Gasteiger partial charge in [0, 0.05) is 30.7 Å². The van der Waals surface area contributed by atoms with E-state index in [1.165, 1.54) is 11.3 Å². The zero-order valence-electron chi connectivity index (χ0n) is 12.1. The number of rotatable bonds is 7. The number of carbonyl (C=O) groups excluding carboxylic acids is 2. The van der Waals surface area contributed by atoms with Gasteiger partial charge in [0.15, 0.2) is 10.8 Å². The summed E-state index contributed by atoms with van der Waals surface area (Å²) in [5.41, 5.74) is 0.323. The molecule has 0 spiro atoms. The lowest BCUT2D eigenvalue weighted by Crippen LogP contribution is -2.25. The SMILES string of the molecule is CCOC(=O)CCCNC(=O)c1csc(-c2ncccn2)n1. The number of nitrogens with zero attached hydrogens (tertiary/aromatic N) is 3. The fourth-order valence-corrected chi connectivity index (χ4v) is 2.39. The number of hydrogen-bond donors (Lipinski definition) is 1. The average molecular weight is 320 g/mol. The van der Waals surface area contributed by atoms with E-state index in [0.717, 1.165) is 0 Å². The normalized spacial score (nSPS) is 10.2. The quantitative estimate of drug-likeness (QED) is 0.616. The van der Waals surface area contributed by atoms with Crippen LogP contribution in [0.25, 0.3) is 10.8 Å². The first-order chi connectivity index (χ1) is 10.7. The summed E-state index contributed by atoms with van der Waals surface area (Å²) in [4.78, 5) is 35.5. The first-order valence-corrected chi connectivity index (χ1v) is 7.75. The second-order valence-electron chi connectivity index (χ2n) is 4.27. The Morgan fingerprint density at radius 2 is 2.09 bits per heavy atom. The molecule has 2 aromatic heterocycles. The van der Waals surface area contributed by atoms with Crippen molar-refractivity contribution in [1.29, 1.82) is 0 Å². The van der Waals surface area contributed by atoms with E-state index >= 15 is 0 Å². The molecule has 0 aliphatic heterocycles. The summed E-state index contributed by atoms with van der Waals surface area (Å²) in [6, 6.07) is 1.72. The molecule has 0 saturated carbocycles. The van der Waals surface area contributed by atoms with Crippen molar-refractivity contribution in [3.8, 4) is 10.8 Å². The number of thiazole rings is 1. The third-order valence-corrected chi connectivity index (χ3v) is 3.48. The Bertz CT molecular complexity index is 630. The van der Waals surface area contributed by atoms with E-state index in [1.807, 2.05) is 0 Å². The van der Waals surface area contributed by atoms with Crippen molar-refractivity contribution in [3.05, 3.63) is 29.5 Å². The van der Waals surface area contributed by atoms with E-state index in [2.05, 4.69) is 20.3 Å². The topological polar surface area (TPSA) is 94.1 Å². The predicted molar refractivity (Wildman–Crippen MR) is 81.3 cm³/mol. The van der Waals surface area contributed by atoms with E-state index < -0.39 is 0 Å². The summed E-state index contributed by atoms with van der Waals surface area (Å²) in [6.45, 7) is 2.52. The summed E-state index contributed by atoms with van der Waals surface area (Å²) in [6.07, 6.45) is 4.06. The smallest absolute Gasteiger partial charge is 0.305 e. The van der Waals surface area contributed by atoms with Crippen molar-refractivity contribution in [2.75, 3.05) is 13.2 Å². The Balaban J connectivity index is 1.81. The molecule has 0 fully saturated rings. The van der Waals surface area contributed by atoms with Gasteiger partial charge in [-0.1, -0.05) is 0 Å². The first kappa shape index (κ1) is 16.0. The van der Waals surface area contributed by atoms with E-state index in [4.69, 9.17) is 4.74 Å². The van der Waals surface area contributed by atoms with Gasteiger partial charge in [0.2, 0.25) is 0 Å². The largest absolute Gasteiger partial charge is 0.466 e. The zero-order valence-corrected chi connectivity index (χ0v) is 12.9. The van der Waals surface area contributed by atoms with Crippen LogP contribution in [-0.2, 0) is 9.53 Å². The van der Waals surface area contributed by atoms with Crippen molar-refractivity contribution in [2.24, 2.45) is 0 Å². The Morgan fingerprint density at radius 3 is 2.82 bits per heavy atom. The summed E-state index contributed by atoms with van der Waals surface area (Å²) >= 11 is 1.31. The molecule has 8 heteroatoms. The maximum Gasteiger partial charge on any atom is 0.305 e. The maximum absolute atomic E-state index is 11.9. The molecule has 2 rings (SSSR count). The lowest BCUT2D eigenvalue weighted by Gasteiger charge is -2.03. The number of esters is 1. The minimum Gasteiger partial charge on any atom is -0.466 e. The van der Waals surface area contributed by atoms with Gasteiger partial charge in [-0.2, -0.15) is 0 Å². The molecule has 1 N–H and O–H groups in total. The van der Waals surface area contributed by atoms with Crippen LogP contribution in [-0.4, -0.2) is 40.0 Å². The molecule has 0 saturated heterocycles. The highest BCUT2D eigenvalue weighted by Crippen LogP contribution is 2.19. The van der Waals surface area contributed by atoms with Crippen LogP contribution in [0.2, 0.25) is 0 Å². The van der Waals surface area contributed by atoms with Gasteiger partial charge in [-0.15, -0.1) is 11.3 Å². The van der Waals surface area contributed by atoms with Crippen molar-refractivity contribution < 1.29 is 14.3 Å². The van der Waals surface area contributed by atoms with Gasteiger partial charge in [0.05, 0.1) is 6.61 Å². The van der Waals surface area contributed by atoms with Crippen molar-refractivity contribution in [2.45, 2.75) is 19.8 Å². The third kappa shape index (κ3) is 4.59. The first-order valence-electron chi connectivity index (χ1n) is 6.87. The molecular weight excluding hydrogens is 304 g/mol. The minimum atomic E-state index is -0.276. The number of aromatic nitrogens is 3. The van der Waals surface area contributed by atoms with Gasteiger partial charge in [0.1, 0.15) is 5.69 Å². The summed E-state index contributed by atoms with van der Waals surface area (Å²) in [5.74, 6) is -0.0370. The van der Waals surface area contributed by atoms with Gasteiger partial charge in [0.25, 0.3) is 5.91 Å². The van der Waals surface area contributed by atoms with E-state index in [1.54, 1.807) is 30.8 Å². The van der Waals surface area contributed by atoms with E-state index in [9.17, 15) is 9.59 Å². The molecule has 22 heavy (non-hydrogen) atoms. The van der Waals surface area contributed by atoms with Crippen LogP contribution < -0.4 is 5.32 Å². The lowest BCUT2D eigenvalue weighted by atomic mass is 10.3. The van der Waals surface area contributed by atoms with Gasteiger partial charge in [-0.25, -0.2) is 15.0 Å². The monoisotopic (exact) mass is 320 g/mol. The molecule has 0 unspecified atom stereocenters. The summed E-state index contributed by atoms with van der Waals surface area (Å²) in [5, 5.41) is 4.97. The predicted octanol–water partition coefficient (Wildman–Crippen LogP) is 1.67. The molecule has 1 amide bonds. The van der Waals surface area contributed by atoms with E-state index in [-0.39, 0.29) is 18.3 Å². The van der Waals surface area contributed by atoms with Crippen LogP contribution in [0.4, 0.5) is 0 Å². The molecular formula is C14H16N4O3S. The molecule has 0 aliphatic rings. The van der Waals surface area contributed by atoms with Crippen LogP contribution in [0.1, 0.15) is 30.3 Å². The number of amides is 1. The second kappa shape index (κ2) is 8.18.